The van der Waals surface area contributed by atoms with Crippen LogP contribution in [0.25, 0.3) is 5.69 Å². The van der Waals surface area contributed by atoms with Crippen LogP contribution in [0.2, 0.25) is 0 Å². The van der Waals surface area contributed by atoms with E-state index in [2.05, 4.69) is 29.3 Å². The van der Waals surface area contributed by atoms with Gasteiger partial charge in [0.05, 0.1) is 23.6 Å². The summed E-state index contributed by atoms with van der Waals surface area (Å²) in [5.74, 6) is -0.319. The molecule has 1 aliphatic heterocycles. The van der Waals surface area contributed by atoms with Gasteiger partial charge in [-0.25, -0.2) is 9.07 Å². The highest BCUT2D eigenvalue weighted by molar-refractivity contribution is 5.94. The van der Waals surface area contributed by atoms with Gasteiger partial charge in [-0.3, -0.25) is 9.48 Å². The summed E-state index contributed by atoms with van der Waals surface area (Å²) in [5, 5.41) is 8.71. The van der Waals surface area contributed by atoms with Crippen molar-refractivity contribution in [3.63, 3.8) is 0 Å². The van der Waals surface area contributed by atoms with Crippen LogP contribution < -0.4 is 0 Å². The molecule has 4 aromatic rings. The van der Waals surface area contributed by atoms with Gasteiger partial charge in [-0.05, 0) is 42.3 Å². The monoisotopic (exact) mass is 415 g/mol. The number of nitrogens with zero attached hydrogens (tertiary/aromatic N) is 5. The summed E-state index contributed by atoms with van der Waals surface area (Å²) in [6, 6.07) is 14.3. The van der Waals surface area contributed by atoms with Gasteiger partial charge in [0.1, 0.15) is 5.82 Å². The lowest BCUT2D eigenvalue weighted by atomic mass is 9.84. The Kier molecular flexibility index (Phi) is 4.66. The summed E-state index contributed by atoms with van der Waals surface area (Å²) in [5.41, 5.74) is 5.82. The molecule has 7 heteroatoms. The van der Waals surface area contributed by atoms with Crippen molar-refractivity contribution in [1.29, 1.82) is 0 Å². The molecule has 0 radical (unpaired) electrons. The second-order valence-electron chi connectivity index (χ2n) is 7.90. The van der Waals surface area contributed by atoms with Gasteiger partial charge in [0.15, 0.2) is 0 Å². The van der Waals surface area contributed by atoms with Gasteiger partial charge in [0.25, 0.3) is 5.91 Å². The van der Waals surface area contributed by atoms with E-state index in [0.29, 0.717) is 24.3 Å². The number of aryl methyl sites for hydroxylation is 1. The summed E-state index contributed by atoms with van der Waals surface area (Å²) in [6.45, 7) is 3.18. The predicted molar refractivity (Wildman–Crippen MR) is 114 cm³/mol. The largest absolute Gasteiger partial charge is 0.333 e. The Hall–Kier alpha value is -3.74. The van der Waals surface area contributed by atoms with Crippen LogP contribution in [-0.4, -0.2) is 36.9 Å². The first-order chi connectivity index (χ1) is 15.0. The van der Waals surface area contributed by atoms with Gasteiger partial charge in [-0.2, -0.15) is 10.2 Å². The van der Waals surface area contributed by atoms with Crippen LogP contribution >= 0.6 is 0 Å². The van der Waals surface area contributed by atoms with E-state index in [0.717, 1.165) is 16.8 Å². The second-order valence-corrected chi connectivity index (χ2v) is 7.90. The van der Waals surface area contributed by atoms with Gasteiger partial charge < -0.3 is 4.90 Å². The molecule has 1 amide bonds. The van der Waals surface area contributed by atoms with Crippen molar-refractivity contribution >= 4 is 5.91 Å². The number of halogens is 1. The molecule has 0 saturated carbocycles. The van der Waals surface area contributed by atoms with Crippen molar-refractivity contribution in [3.05, 3.63) is 101 Å². The lowest BCUT2D eigenvalue weighted by Crippen LogP contribution is -2.38. The van der Waals surface area contributed by atoms with Gasteiger partial charge in [0.2, 0.25) is 0 Å². The maximum Gasteiger partial charge on any atom is 0.257 e. The number of carbonyl (C=O) groups excluding carboxylic acids is 1. The third kappa shape index (κ3) is 3.42. The van der Waals surface area contributed by atoms with Crippen LogP contribution in [0.1, 0.15) is 38.7 Å². The lowest BCUT2D eigenvalue weighted by Gasteiger charge is -2.34. The standard InChI is InChI=1S/C24H22FN5O/c1-16-22(12-26-28(16)2)23-15-29(13-17-5-3-4-6-21(17)23)24(31)18-11-27-30(14-18)20-9-7-19(25)8-10-20/h3-12,14,23H,13,15H2,1-2H3. The van der Waals surface area contributed by atoms with Crippen LogP contribution in [0.4, 0.5) is 4.39 Å². The fraction of sp³-hybridized carbons (Fsp3) is 0.208. The molecule has 0 bridgehead atoms. The Labute approximate surface area is 179 Å². The molecule has 0 fully saturated rings. The van der Waals surface area contributed by atoms with E-state index in [1.165, 1.54) is 17.7 Å². The number of amides is 1. The van der Waals surface area contributed by atoms with Crippen molar-refractivity contribution in [3.8, 4) is 5.69 Å². The van der Waals surface area contributed by atoms with Crippen LogP contribution in [0.3, 0.4) is 0 Å². The first-order valence-corrected chi connectivity index (χ1v) is 10.2. The van der Waals surface area contributed by atoms with E-state index in [1.807, 2.05) is 35.0 Å². The molecule has 5 rings (SSSR count). The molecule has 2 aromatic carbocycles. The first kappa shape index (κ1) is 19.2. The number of benzene rings is 2. The zero-order valence-electron chi connectivity index (χ0n) is 17.4. The van der Waals surface area contributed by atoms with E-state index >= 15 is 0 Å². The van der Waals surface area contributed by atoms with Crippen molar-refractivity contribution < 1.29 is 9.18 Å². The molecule has 31 heavy (non-hydrogen) atoms. The number of hydrogen-bond donors (Lipinski definition) is 0. The lowest BCUT2D eigenvalue weighted by molar-refractivity contribution is 0.0725. The summed E-state index contributed by atoms with van der Waals surface area (Å²) < 4.78 is 16.7. The third-order valence-corrected chi connectivity index (χ3v) is 6.05. The fourth-order valence-corrected chi connectivity index (χ4v) is 4.24. The minimum absolute atomic E-state index is 0.0646. The van der Waals surface area contributed by atoms with E-state index in [9.17, 15) is 9.18 Å². The molecular formula is C24H22FN5O. The fourth-order valence-electron chi connectivity index (χ4n) is 4.24. The normalized spacial score (nSPS) is 15.7. The smallest absolute Gasteiger partial charge is 0.257 e. The molecule has 0 spiro atoms. The van der Waals surface area contributed by atoms with Crippen molar-refractivity contribution in [2.45, 2.75) is 19.4 Å². The summed E-state index contributed by atoms with van der Waals surface area (Å²) in [4.78, 5) is 15.2. The molecule has 3 heterocycles. The van der Waals surface area contributed by atoms with Crippen molar-refractivity contribution in [2.75, 3.05) is 6.54 Å². The SMILES string of the molecule is Cc1c(C2CN(C(=O)c3cnn(-c4ccc(F)cc4)c3)Cc3ccccc32)cnn1C. The third-order valence-electron chi connectivity index (χ3n) is 6.05. The zero-order valence-corrected chi connectivity index (χ0v) is 17.4. The first-order valence-electron chi connectivity index (χ1n) is 10.2. The van der Waals surface area contributed by atoms with E-state index in [4.69, 9.17) is 0 Å². The molecule has 6 nitrogen and oxygen atoms in total. The molecule has 1 aliphatic rings. The van der Waals surface area contributed by atoms with E-state index < -0.39 is 0 Å². The Morgan fingerprint density at radius 3 is 2.55 bits per heavy atom. The highest BCUT2D eigenvalue weighted by Crippen LogP contribution is 2.35. The molecule has 0 aliphatic carbocycles. The maximum absolute atomic E-state index is 13.4. The highest BCUT2D eigenvalue weighted by Gasteiger charge is 2.31. The minimum atomic E-state index is -0.309. The van der Waals surface area contributed by atoms with Crippen LogP contribution in [0.5, 0.6) is 0 Å². The Balaban J connectivity index is 1.46. The average molecular weight is 415 g/mol. The minimum Gasteiger partial charge on any atom is -0.333 e. The molecule has 1 atom stereocenters. The van der Waals surface area contributed by atoms with E-state index in [-0.39, 0.29) is 17.6 Å². The molecular weight excluding hydrogens is 393 g/mol. The second kappa shape index (κ2) is 7.50. The van der Waals surface area contributed by atoms with Gasteiger partial charge >= 0.3 is 0 Å². The molecule has 0 N–H and O–H groups in total. The van der Waals surface area contributed by atoms with Crippen LogP contribution in [-0.2, 0) is 13.6 Å². The molecule has 0 saturated heterocycles. The van der Waals surface area contributed by atoms with Crippen molar-refractivity contribution in [1.82, 2.24) is 24.5 Å². The summed E-state index contributed by atoms with van der Waals surface area (Å²) in [7, 11) is 1.93. The van der Waals surface area contributed by atoms with E-state index in [1.54, 1.807) is 29.2 Å². The topological polar surface area (TPSA) is 56.0 Å². The molecule has 2 aromatic heterocycles. The number of carbonyl (C=O) groups is 1. The molecule has 156 valence electrons. The van der Waals surface area contributed by atoms with Gasteiger partial charge in [-0.1, -0.05) is 24.3 Å². The zero-order chi connectivity index (χ0) is 21.5. The van der Waals surface area contributed by atoms with Crippen LogP contribution in [0, 0.1) is 12.7 Å². The highest BCUT2D eigenvalue weighted by atomic mass is 19.1. The summed E-state index contributed by atoms with van der Waals surface area (Å²) >= 11 is 0. The Morgan fingerprint density at radius 1 is 1.03 bits per heavy atom. The number of rotatable bonds is 3. The van der Waals surface area contributed by atoms with Gasteiger partial charge in [0, 0.05) is 43.5 Å². The Morgan fingerprint density at radius 2 is 1.81 bits per heavy atom. The van der Waals surface area contributed by atoms with Gasteiger partial charge in [-0.15, -0.1) is 0 Å². The van der Waals surface area contributed by atoms with Crippen molar-refractivity contribution in [2.24, 2.45) is 7.05 Å². The van der Waals surface area contributed by atoms with Crippen LogP contribution in [0.15, 0.2) is 67.1 Å². The maximum atomic E-state index is 13.4. The number of hydrogen-bond acceptors (Lipinski definition) is 3. The number of fused-ring (bicyclic) bond motifs is 1. The quantitative estimate of drug-likeness (QED) is 0.511. The molecule has 1 unspecified atom stereocenters. The average Bonchev–Trinajstić information content (AvgIpc) is 3.40. The number of aromatic nitrogens is 4. The predicted octanol–water partition coefficient (Wildman–Crippen LogP) is 3.84. The Bertz CT molecular complexity index is 1260. The summed E-state index contributed by atoms with van der Waals surface area (Å²) in [6.07, 6.45) is 5.16.